The molecule has 2 N–H and O–H groups in total. The van der Waals surface area contributed by atoms with E-state index in [2.05, 4.69) is 5.32 Å². The van der Waals surface area contributed by atoms with Crippen molar-refractivity contribution in [3.05, 3.63) is 47.7 Å². The second-order valence-electron chi connectivity index (χ2n) is 5.87. The Labute approximate surface area is 140 Å². The number of benzene rings is 2. The fourth-order valence-corrected chi connectivity index (χ4v) is 2.87. The Hall–Kier alpha value is -2.37. The Morgan fingerprint density at radius 2 is 2.04 bits per heavy atom. The maximum Gasteiger partial charge on any atom is 0.287 e. The average molecular weight is 327 g/mol. The molecule has 1 heterocycles. The Bertz CT molecular complexity index is 868. The summed E-state index contributed by atoms with van der Waals surface area (Å²) in [4.78, 5) is 12.4. The van der Waals surface area contributed by atoms with Crippen molar-refractivity contribution < 1.29 is 19.1 Å². The van der Waals surface area contributed by atoms with Crippen LogP contribution in [0.25, 0.3) is 21.7 Å². The van der Waals surface area contributed by atoms with Crippen molar-refractivity contribution in [3.8, 4) is 0 Å². The first-order chi connectivity index (χ1) is 11.6. The van der Waals surface area contributed by atoms with E-state index in [1.165, 1.54) is 7.11 Å². The van der Waals surface area contributed by atoms with E-state index in [1.54, 1.807) is 0 Å². The Morgan fingerprint density at radius 1 is 1.25 bits per heavy atom. The fourth-order valence-electron chi connectivity index (χ4n) is 2.87. The molecule has 0 radical (unpaired) electrons. The lowest BCUT2D eigenvalue weighted by molar-refractivity contribution is 0.0586. The SMILES string of the molecule is COCC(O)CCNC(=O)c1oc2c(ccc3ccccc32)c1C. The van der Waals surface area contributed by atoms with E-state index >= 15 is 0 Å². The van der Waals surface area contributed by atoms with Gasteiger partial charge in [0.05, 0.1) is 12.7 Å². The van der Waals surface area contributed by atoms with Gasteiger partial charge in [-0.1, -0.05) is 36.4 Å². The maximum absolute atomic E-state index is 12.4. The molecule has 5 nitrogen and oxygen atoms in total. The van der Waals surface area contributed by atoms with Gasteiger partial charge in [0.25, 0.3) is 5.91 Å². The number of furan rings is 1. The molecule has 0 saturated heterocycles. The van der Waals surface area contributed by atoms with E-state index in [0.29, 0.717) is 18.7 Å². The van der Waals surface area contributed by atoms with Crippen LogP contribution in [0.4, 0.5) is 0 Å². The summed E-state index contributed by atoms with van der Waals surface area (Å²) in [5.74, 6) is 0.0555. The van der Waals surface area contributed by atoms with Crippen LogP contribution in [0.15, 0.2) is 40.8 Å². The van der Waals surface area contributed by atoms with Gasteiger partial charge >= 0.3 is 0 Å². The first-order valence-electron chi connectivity index (χ1n) is 7.98. The van der Waals surface area contributed by atoms with Gasteiger partial charge < -0.3 is 19.6 Å². The number of hydrogen-bond acceptors (Lipinski definition) is 4. The second kappa shape index (κ2) is 7.03. The number of aryl methyl sites for hydroxylation is 1. The van der Waals surface area contributed by atoms with Gasteiger partial charge in [-0.2, -0.15) is 0 Å². The number of ether oxygens (including phenoxy) is 1. The van der Waals surface area contributed by atoms with Crippen LogP contribution < -0.4 is 5.32 Å². The standard InChI is InChI=1S/C19H21NO4/c1-12-15-8-7-13-5-3-4-6-16(13)18(15)24-17(12)19(22)20-10-9-14(21)11-23-2/h3-8,14,21H,9-11H2,1-2H3,(H,20,22). The number of nitrogens with one attached hydrogen (secondary N) is 1. The minimum atomic E-state index is -0.587. The van der Waals surface area contributed by atoms with Crippen LogP contribution in [0.2, 0.25) is 0 Å². The van der Waals surface area contributed by atoms with E-state index in [9.17, 15) is 9.90 Å². The van der Waals surface area contributed by atoms with E-state index < -0.39 is 6.10 Å². The van der Waals surface area contributed by atoms with Crippen LogP contribution in [-0.4, -0.2) is 37.4 Å². The van der Waals surface area contributed by atoms with Gasteiger partial charge in [0.2, 0.25) is 0 Å². The minimum Gasteiger partial charge on any atom is -0.450 e. The predicted octanol–water partition coefficient (Wildman–Crippen LogP) is 3.02. The van der Waals surface area contributed by atoms with Crippen molar-refractivity contribution in [3.63, 3.8) is 0 Å². The molecule has 5 heteroatoms. The van der Waals surface area contributed by atoms with Crippen LogP contribution in [0.3, 0.4) is 0 Å². The summed E-state index contributed by atoms with van der Waals surface area (Å²) in [7, 11) is 1.53. The number of fused-ring (bicyclic) bond motifs is 3. The zero-order chi connectivity index (χ0) is 17.1. The predicted molar refractivity (Wildman–Crippen MR) is 93.3 cm³/mol. The highest BCUT2D eigenvalue weighted by Gasteiger charge is 2.19. The summed E-state index contributed by atoms with van der Waals surface area (Å²) in [6.07, 6.45) is -0.155. The van der Waals surface area contributed by atoms with Crippen LogP contribution >= 0.6 is 0 Å². The van der Waals surface area contributed by atoms with Gasteiger partial charge in [-0.25, -0.2) is 0 Å². The topological polar surface area (TPSA) is 71.7 Å². The van der Waals surface area contributed by atoms with Gasteiger partial charge in [-0.3, -0.25) is 4.79 Å². The molecule has 0 spiro atoms. The summed E-state index contributed by atoms with van der Waals surface area (Å²) < 4.78 is 10.7. The number of aliphatic hydroxyl groups excluding tert-OH is 1. The zero-order valence-corrected chi connectivity index (χ0v) is 13.8. The van der Waals surface area contributed by atoms with E-state index in [-0.39, 0.29) is 12.5 Å². The third kappa shape index (κ3) is 3.13. The van der Waals surface area contributed by atoms with Gasteiger partial charge in [0, 0.05) is 30.0 Å². The van der Waals surface area contributed by atoms with Crippen molar-refractivity contribution in [2.75, 3.05) is 20.3 Å². The van der Waals surface area contributed by atoms with Gasteiger partial charge in [-0.15, -0.1) is 0 Å². The van der Waals surface area contributed by atoms with Crippen LogP contribution in [0.1, 0.15) is 22.5 Å². The number of carbonyl (C=O) groups excluding carboxylic acids is 1. The molecule has 0 aliphatic heterocycles. The lowest BCUT2D eigenvalue weighted by atomic mass is 10.1. The Kier molecular flexibility index (Phi) is 4.83. The summed E-state index contributed by atoms with van der Waals surface area (Å²) in [5.41, 5.74) is 1.56. The fraction of sp³-hybridized carbons (Fsp3) is 0.316. The van der Waals surface area contributed by atoms with Crippen LogP contribution in [0.5, 0.6) is 0 Å². The quantitative estimate of drug-likeness (QED) is 0.730. The molecule has 3 aromatic rings. The van der Waals surface area contributed by atoms with Gasteiger partial charge in [-0.05, 0) is 18.7 Å². The summed E-state index contributed by atoms with van der Waals surface area (Å²) in [5, 5.41) is 15.4. The van der Waals surface area contributed by atoms with Gasteiger partial charge in [0.15, 0.2) is 5.76 Å². The molecule has 126 valence electrons. The van der Waals surface area contributed by atoms with Crippen LogP contribution in [-0.2, 0) is 4.74 Å². The van der Waals surface area contributed by atoms with E-state index in [4.69, 9.17) is 9.15 Å². The third-order valence-electron chi connectivity index (χ3n) is 4.16. The molecular weight excluding hydrogens is 306 g/mol. The third-order valence-corrected chi connectivity index (χ3v) is 4.16. The summed E-state index contributed by atoms with van der Waals surface area (Å²) in [6, 6.07) is 11.9. The highest BCUT2D eigenvalue weighted by molar-refractivity contribution is 6.08. The summed E-state index contributed by atoms with van der Waals surface area (Å²) >= 11 is 0. The molecule has 0 fully saturated rings. The number of hydrogen-bond donors (Lipinski definition) is 2. The molecule has 0 saturated carbocycles. The van der Waals surface area contributed by atoms with Crippen molar-refractivity contribution in [2.45, 2.75) is 19.4 Å². The number of methoxy groups -OCH3 is 1. The molecule has 1 atom stereocenters. The summed E-state index contributed by atoms with van der Waals surface area (Å²) in [6.45, 7) is 2.50. The number of rotatable bonds is 6. The highest BCUT2D eigenvalue weighted by Crippen LogP contribution is 2.31. The molecule has 1 amide bonds. The molecule has 2 aromatic carbocycles. The first-order valence-corrected chi connectivity index (χ1v) is 7.98. The molecule has 1 unspecified atom stereocenters. The molecule has 3 rings (SSSR count). The second-order valence-corrected chi connectivity index (χ2v) is 5.87. The first kappa shape index (κ1) is 16.5. The van der Waals surface area contributed by atoms with E-state index in [1.807, 2.05) is 43.3 Å². The smallest absolute Gasteiger partial charge is 0.287 e. The maximum atomic E-state index is 12.4. The molecular formula is C19H21NO4. The number of amides is 1. The Morgan fingerprint density at radius 3 is 2.83 bits per heavy atom. The molecule has 24 heavy (non-hydrogen) atoms. The monoisotopic (exact) mass is 327 g/mol. The lowest BCUT2D eigenvalue weighted by Crippen LogP contribution is -2.28. The average Bonchev–Trinajstić information content (AvgIpc) is 2.92. The van der Waals surface area contributed by atoms with Crippen molar-refractivity contribution in [1.82, 2.24) is 5.32 Å². The van der Waals surface area contributed by atoms with Crippen LogP contribution in [0, 0.1) is 6.92 Å². The number of carbonyl (C=O) groups is 1. The molecule has 1 aromatic heterocycles. The molecule has 0 bridgehead atoms. The lowest BCUT2D eigenvalue weighted by Gasteiger charge is -2.09. The highest BCUT2D eigenvalue weighted by atomic mass is 16.5. The minimum absolute atomic E-state index is 0.255. The van der Waals surface area contributed by atoms with Gasteiger partial charge in [0.1, 0.15) is 5.58 Å². The molecule has 0 aliphatic rings. The Balaban J connectivity index is 1.83. The largest absolute Gasteiger partial charge is 0.450 e. The molecule has 0 aliphatic carbocycles. The van der Waals surface area contributed by atoms with E-state index in [0.717, 1.165) is 27.3 Å². The van der Waals surface area contributed by atoms with Crippen molar-refractivity contribution in [1.29, 1.82) is 0 Å². The zero-order valence-electron chi connectivity index (χ0n) is 13.8. The van der Waals surface area contributed by atoms with Crippen molar-refractivity contribution in [2.24, 2.45) is 0 Å². The van der Waals surface area contributed by atoms with Crippen molar-refractivity contribution >= 4 is 27.6 Å². The normalized spacial score (nSPS) is 12.6. The number of aliphatic hydroxyl groups is 1.